The number of aromatic hydroxyl groups is 1. The van der Waals surface area contributed by atoms with E-state index in [0.29, 0.717) is 23.6 Å². The van der Waals surface area contributed by atoms with E-state index in [1.165, 1.54) is 6.07 Å². The lowest BCUT2D eigenvalue weighted by Gasteiger charge is -2.07. The topological polar surface area (TPSA) is 75.6 Å². The third kappa shape index (κ3) is 4.85. The minimum absolute atomic E-state index is 0.00121. The van der Waals surface area contributed by atoms with Crippen LogP contribution in [0.25, 0.3) is 0 Å². The molecule has 0 radical (unpaired) electrons. The summed E-state index contributed by atoms with van der Waals surface area (Å²) in [5.74, 6) is 0.284. The number of anilines is 1. The Morgan fingerprint density at radius 3 is 2.39 bits per heavy atom. The van der Waals surface area contributed by atoms with Crippen molar-refractivity contribution in [2.24, 2.45) is 0 Å². The highest BCUT2D eigenvalue weighted by atomic mass is 16.5. The van der Waals surface area contributed by atoms with Crippen molar-refractivity contribution < 1.29 is 19.4 Å². The summed E-state index contributed by atoms with van der Waals surface area (Å²) < 4.78 is 5.32. The maximum Gasteiger partial charge on any atom is 0.224 e. The van der Waals surface area contributed by atoms with Gasteiger partial charge < -0.3 is 15.2 Å². The quantitative estimate of drug-likeness (QED) is 0.607. The molecular weight excluding hydrogens is 294 g/mol. The Morgan fingerprint density at radius 1 is 1.04 bits per heavy atom. The summed E-state index contributed by atoms with van der Waals surface area (Å²) in [4.78, 5) is 23.9. The van der Waals surface area contributed by atoms with Crippen molar-refractivity contribution in [1.29, 1.82) is 0 Å². The standard InChI is InChI=1S/C18H19NO4/c1-2-23-14-9-7-13(8-10-14)16(20)11-12-18(22)19-15-5-3-4-6-17(15)21/h3-10,21H,2,11-12H2,1H3,(H,19,22). The maximum absolute atomic E-state index is 12.1. The molecule has 0 fully saturated rings. The SMILES string of the molecule is CCOc1ccc(C(=O)CCC(=O)Nc2ccccc2O)cc1. The van der Waals surface area contributed by atoms with Crippen LogP contribution in [0.3, 0.4) is 0 Å². The van der Waals surface area contributed by atoms with Gasteiger partial charge in [0.1, 0.15) is 11.5 Å². The Hall–Kier alpha value is -2.82. The molecule has 5 heteroatoms. The van der Waals surface area contributed by atoms with Crippen LogP contribution < -0.4 is 10.1 Å². The second-order valence-corrected chi connectivity index (χ2v) is 4.95. The van der Waals surface area contributed by atoms with Crippen LogP contribution in [0.15, 0.2) is 48.5 Å². The Bertz CT molecular complexity index is 680. The first-order chi connectivity index (χ1) is 11.1. The third-order valence-electron chi connectivity index (χ3n) is 3.24. The lowest BCUT2D eigenvalue weighted by atomic mass is 10.1. The predicted molar refractivity (Wildman–Crippen MR) is 87.9 cm³/mol. The molecule has 120 valence electrons. The van der Waals surface area contributed by atoms with E-state index < -0.39 is 0 Å². The zero-order valence-corrected chi connectivity index (χ0v) is 12.9. The van der Waals surface area contributed by atoms with Crippen molar-refractivity contribution in [2.75, 3.05) is 11.9 Å². The summed E-state index contributed by atoms with van der Waals surface area (Å²) in [6, 6.07) is 13.3. The largest absolute Gasteiger partial charge is 0.506 e. The molecule has 0 saturated heterocycles. The highest BCUT2D eigenvalue weighted by Crippen LogP contribution is 2.22. The number of carbonyl (C=O) groups is 2. The molecule has 0 aliphatic rings. The number of carbonyl (C=O) groups excluding carboxylic acids is 2. The second-order valence-electron chi connectivity index (χ2n) is 4.95. The van der Waals surface area contributed by atoms with Crippen LogP contribution in [0.4, 0.5) is 5.69 Å². The molecule has 2 rings (SSSR count). The van der Waals surface area contributed by atoms with Gasteiger partial charge in [0.2, 0.25) is 5.91 Å². The number of rotatable bonds is 7. The van der Waals surface area contributed by atoms with E-state index in [9.17, 15) is 14.7 Å². The molecule has 0 spiro atoms. The van der Waals surface area contributed by atoms with E-state index in [1.54, 1.807) is 42.5 Å². The fourth-order valence-electron chi connectivity index (χ4n) is 2.07. The molecule has 5 nitrogen and oxygen atoms in total. The summed E-state index contributed by atoms with van der Waals surface area (Å²) in [5, 5.41) is 12.2. The molecule has 0 unspecified atom stereocenters. The van der Waals surface area contributed by atoms with Crippen LogP contribution in [0, 0.1) is 0 Å². The lowest BCUT2D eigenvalue weighted by Crippen LogP contribution is -2.13. The number of amides is 1. The normalized spacial score (nSPS) is 10.1. The van der Waals surface area contributed by atoms with Crippen molar-refractivity contribution in [3.05, 3.63) is 54.1 Å². The van der Waals surface area contributed by atoms with Gasteiger partial charge in [0.15, 0.2) is 5.78 Å². The Kier molecular flexibility index (Phi) is 5.74. The number of nitrogens with one attached hydrogen (secondary N) is 1. The molecule has 0 atom stereocenters. The van der Waals surface area contributed by atoms with Gasteiger partial charge in [-0.3, -0.25) is 9.59 Å². The minimum atomic E-state index is -0.314. The van der Waals surface area contributed by atoms with E-state index in [1.807, 2.05) is 6.92 Å². The number of ketones is 1. The lowest BCUT2D eigenvalue weighted by molar-refractivity contribution is -0.116. The number of benzene rings is 2. The summed E-state index contributed by atoms with van der Waals surface area (Å²) in [7, 11) is 0. The Balaban J connectivity index is 1.86. The maximum atomic E-state index is 12.1. The van der Waals surface area contributed by atoms with Gasteiger partial charge in [0.05, 0.1) is 12.3 Å². The van der Waals surface area contributed by atoms with Gasteiger partial charge in [0, 0.05) is 18.4 Å². The minimum Gasteiger partial charge on any atom is -0.506 e. The van der Waals surface area contributed by atoms with Gasteiger partial charge in [-0.05, 0) is 43.3 Å². The van der Waals surface area contributed by atoms with Crippen LogP contribution >= 0.6 is 0 Å². The second kappa shape index (κ2) is 7.98. The van der Waals surface area contributed by atoms with E-state index in [-0.39, 0.29) is 30.3 Å². The van der Waals surface area contributed by atoms with Crippen molar-refractivity contribution in [1.82, 2.24) is 0 Å². The van der Waals surface area contributed by atoms with E-state index in [4.69, 9.17) is 4.74 Å². The van der Waals surface area contributed by atoms with Crippen LogP contribution in [0.5, 0.6) is 11.5 Å². The van der Waals surface area contributed by atoms with Crippen LogP contribution in [-0.2, 0) is 4.79 Å². The highest BCUT2D eigenvalue weighted by molar-refractivity contribution is 6.00. The fourth-order valence-corrected chi connectivity index (χ4v) is 2.07. The summed E-state index contributed by atoms with van der Waals surface area (Å²) in [6.07, 6.45) is 0.161. The number of ether oxygens (including phenoxy) is 1. The summed E-state index contributed by atoms with van der Waals surface area (Å²) in [5.41, 5.74) is 0.884. The molecule has 2 aromatic carbocycles. The van der Waals surface area contributed by atoms with Crippen LogP contribution in [0.1, 0.15) is 30.1 Å². The smallest absolute Gasteiger partial charge is 0.224 e. The number of hydrogen-bond acceptors (Lipinski definition) is 4. The van der Waals surface area contributed by atoms with Crippen molar-refractivity contribution in [3.8, 4) is 11.5 Å². The predicted octanol–water partition coefficient (Wildman–Crippen LogP) is 3.39. The number of phenols is 1. The molecular formula is C18H19NO4. The molecule has 2 aromatic rings. The van der Waals surface area contributed by atoms with Crippen LogP contribution in [-0.4, -0.2) is 23.4 Å². The average Bonchev–Trinajstić information content (AvgIpc) is 2.56. The Morgan fingerprint density at radius 2 is 1.74 bits per heavy atom. The Labute approximate surface area is 134 Å². The number of hydrogen-bond donors (Lipinski definition) is 2. The van der Waals surface area contributed by atoms with E-state index in [0.717, 1.165) is 0 Å². The number of para-hydroxylation sites is 2. The van der Waals surface area contributed by atoms with Gasteiger partial charge >= 0.3 is 0 Å². The molecule has 0 bridgehead atoms. The first-order valence-corrected chi connectivity index (χ1v) is 7.44. The first kappa shape index (κ1) is 16.5. The van der Waals surface area contributed by atoms with E-state index in [2.05, 4.69) is 5.32 Å². The average molecular weight is 313 g/mol. The monoisotopic (exact) mass is 313 g/mol. The third-order valence-corrected chi connectivity index (χ3v) is 3.24. The first-order valence-electron chi connectivity index (χ1n) is 7.44. The highest BCUT2D eigenvalue weighted by Gasteiger charge is 2.11. The molecule has 0 aliphatic heterocycles. The number of Topliss-reactive ketones (excluding diaryl/α,β-unsaturated/α-hetero) is 1. The van der Waals surface area contributed by atoms with E-state index >= 15 is 0 Å². The number of phenolic OH excluding ortho intramolecular Hbond substituents is 1. The molecule has 23 heavy (non-hydrogen) atoms. The molecule has 0 aromatic heterocycles. The summed E-state index contributed by atoms with van der Waals surface area (Å²) >= 11 is 0. The zero-order valence-electron chi connectivity index (χ0n) is 12.9. The van der Waals surface area contributed by atoms with Crippen molar-refractivity contribution in [2.45, 2.75) is 19.8 Å². The van der Waals surface area contributed by atoms with Crippen LogP contribution in [0.2, 0.25) is 0 Å². The fraction of sp³-hybridized carbons (Fsp3) is 0.222. The van der Waals surface area contributed by atoms with Gasteiger partial charge in [-0.2, -0.15) is 0 Å². The molecule has 2 N–H and O–H groups in total. The molecule has 1 amide bonds. The van der Waals surface area contributed by atoms with Crippen molar-refractivity contribution >= 4 is 17.4 Å². The van der Waals surface area contributed by atoms with Gasteiger partial charge in [-0.25, -0.2) is 0 Å². The van der Waals surface area contributed by atoms with Gasteiger partial charge in [0.25, 0.3) is 0 Å². The molecule has 0 saturated carbocycles. The summed E-state index contributed by atoms with van der Waals surface area (Å²) in [6.45, 7) is 2.46. The molecule has 0 aliphatic carbocycles. The molecule has 0 heterocycles. The zero-order chi connectivity index (χ0) is 16.7. The van der Waals surface area contributed by atoms with Crippen molar-refractivity contribution in [3.63, 3.8) is 0 Å². The van der Waals surface area contributed by atoms with Gasteiger partial charge in [-0.1, -0.05) is 12.1 Å². The van der Waals surface area contributed by atoms with Gasteiger partial charge in [-0.15, -0.1) is 0 Å².